The van der Waals surface area contributed by atoms with Gasteiger partial charge in [-0.05, 0) is 30.1 Å². The van der Waals surface area contributed by atoms with Crippen LogP contribution in [0.5, 0.6) is 5.88 Å². The summed E-state index contributed by atoms with van der Waals surface area (Å²) in [6.07, 6.45) is 0.931. The summed E-state index contributed by atoms with van der Waals surface area (Å²) >= 11 is 1.77. The largest absolute Gasteiger partial charge is 0.477 e. The summed E-state index contributed by atoms with van der Waals surface area (Å²) < 4.78 is 5.87. The van der Waals surface area contributed by atoms with Crippen LogP contribution in [0, 0.1) is 0 Å². The predicted octanol–water partition coefficient (Wildman–Crippen LogP) is 3.78. The van der Waals surface area contributed by atoms with E-state index in [1.54, 1.807) is 11.3 Å². The van der Waals surface area contributed by atoms with Crippen molar-refractivity contribution in [2.75, 3.05) is 13.7 Å². The molecule has 0 aliphatic heterocycles. The van der Waals surface area contributed by atoms with Gasteiger partial charge in [-0.3, -0.25) is 0 Å². The fourth-order valence-corrected chi connectivity index (χ4v) is 2.72. The number of rotatable bonds is 6. The Morgan fingerprint density at radius 3 is 2.71 bits per heavy atom. The number of ether oxygens (including phenoxy) is 1. The van der Waals surface area contributed by atoms with E-state index < -0.39 is 0 Å². The Kier molecular flexibility index (Phi) is 5.37. The number of pyridine rings is 1. The van der Waals surface area contributed by atoms with Crippen LogP contribution in [0.15, 0.2) is 29.6 Å². The molecular weight excluding hydrogens is 280 g/mol. The van der Waals surface area contributed by atoms with E-state index in [2.05, 4.69) is 54.7 Å². The van der Waals surface area contributed by atoms with Crippen LogP contribution < -0.4 is 10.1 Å². The van der Waals surface area contributed by atoms with Gasteiger partial charge < -0.3 is 10.1 Å². The average molecular weight is 304 g/mol. The zero-order valence-electron chi connectivity index (χ0n) is 13.3. The highest BCUT2D eigenvalue weighted by molar-refractivity contribution is 7.09. The number of aromatic nitrogens is 1. The summed E-state index contributed by atoms with van der Waals surface area (Å²) in [7, 11) is 1.95. The minimum atomic E-state index is 0.0234. The minimum absolute atomic E-state index is 0.0234. The van der Waals surface area contributed by atoms with Crippen molar-refractivity contribution in [1.82, 2.24) is 10.3 Å². The van der Waals surface area contributed by atoms with Crippen molar-refractivity contribution in [3.63, 3.8) is 0 Å². The van der Waals surface area contributed by atoms with Gasteiger partial charge >= 0.3 is 0 Å². The van der Waals surface area contributed by atoms with Crippen molar-refractivity contribution in [3.8, 4) is 5.88 Å². The molecule has 0 atom stereocenters. The van der Waals surface area contributed by atoms with Gasteiger partial charge in [-0.25, -0.2) is 4.98 Å². The first kappa shape index (κ1) is 16.0. The van der Waals surface area contributed by atoms with Crippen molar-refractivity contribution < 1.29 is 4.74 Å². The first-order valence-electron chi connectivity index (χ1n) is 7.30. The predicted molar refractivity (Wildman–Crippen MR) is 89.2 cm³/mol. The van der Waals surface area contributed by atoms with E-state index in [9.17, 15) is 0 Å². The lowest BCUT2D eigenvalue weighted by atomic mass is 9.91. The fraction of sp³-hybridized carbons (Fsp3) is 0.471. The van der Waals surface area contributed by atoms with Crippen LogP contribution in [-0.2, 0) is 18.4 Å². The summed E-state index contributed by atoms with van der Waals surface area (Å²) in [6, 6.07) is 8.39. The Hall–Kier alpha value is -1.39. The number of hydrogen-bond acceptors (Lipinski definition) is 4. The monoisotopic (exact) mass is 304 g/mol. The van der Waals surface area contributed by atoms with Crippen LogP contribution in [0.1, 0.15) is 36.9 Å². The average Bonchev–Trinajstić information content (AvgIpc) is 2.91. The van der Waals surface area contributed by atoms with Crippen LogP contribution in [0.3, 0.4) is 0 Å². The molecule has 3 nitrogen and oxygen atoms in total. The topological polar surface area (TPSA) is 34.1 Å². The molecule has 4 heteroatoms. The summed E-state index contributed by atoms with van der Waals surface area (Å²) in [4.78, 5) is 6.00. The molecule has 0 saturated carbocycles. The third kappa shape index (κ3) is 4.83. The van der Waals surface area contributed by atoms with Crippen LogP contribution in [0.25, 0.3) is 0 Å². The van der Waals surface area contributed by atoms with Crippen molar-refractivity contribution in [2.45, 2.75) is 39.2 Å². The van der Waals surface area contributed by atoms with Crippen LogP contribution in [-0.4, -0.2) is 18.6 Å². The number of hydrogen-bond donors (Lipinski definition) is 1. The van der Waals surface area contributed by atoms with Gasteiger partial charge in [-0.1, -0.05) is 26.8 Å². The lowest BCUT2D eigenvalue weighted by Crippen LogP contribution is -2.16. The van der Waals surface area contributed by atoms with Gasteiger partial charge in [0.05, 0.1) is 12.3 Å². The third-order valence-electron chi connectivity index (χ3n) is 3.19. The molecule has 2 rings (SSSR count). The van der Waals surface area contributed by atoms with Crippen LogP contribution in [0.2, 0.25) is 0 Å². The highest BCUT2D eigenvalue weighted by atomic mass is 32.1. The second kappa shape index (κ2) is 7.05. The fourth-order valence-electron chi connectivity index (χ4n) is 2.03. The van der Waals surface area contributed by atoms with Crippen LogP contribution >= 0.6 is 11.3 Å². The molecule has 0 unspecified atom stereocenters. The Morgan fingerprint density at radius 1 is 1.29 bits per heavy atom. The molecule has 0 fully saturated rings. The Balaban J connectivity index is 2.08. The molecule has 2 heterocycles. The molecule has 21 heavy (non-hydrogen) atoms. The van der Waals surface area contributed by atoms with E-state index in [0.717, 1.165) is 24.5 Å². The van der Waals surface area contributed by atoms with Gasteiger partial charge in [0.1, 0.15) is 0 Å². The summed E-state index contributed by atoms with van der Waals surface area (Å²) in [6.45, 7) is 8.02. The molecule has 0 aliphatic rings. The van der Waals surface area contributed by atoms with Gasteiger partial charge in [0.15, 0.2) is 0 Å². The van der Waals surface area contributed by atoms with E-state index in [1.807, 2.05) is 13.1 Å². The second-order valence-electron chi connectivity index (χ2n) is 6.16. The van der Waals surface area contributed by atoms with Gasteiger partial charge in [-0.15, -0.1) is 11.3 Å². The van der Waals surface area contributed by atoms with Crippen molar-refractivity contribution in [1.29, 1.82) is 0 Å². The molecule has 2 aromatic rings. The summed E-state index contributed by atoms with van der Waals surface area (Å²) in [5.41, 5.74) is 2.31. The van der Waals surface area contributed by atoms with E-state index in [1.165, 1.54) is 10.4 Å². The normalized spacial score (nSPS) is 11.6. The molecule has 0 amide bonds. The summed E-state index contributed by atoms with van der Waals surface area (Å²) in [5, 5.41) is 5.28. The van der Waals surface area contributed by atoms with E-state index in [0.29, 0.717) is 6.61 Å². The van der Waals surface area contributed by atoms with Crippen molar-refractivity contribution in [2.24, 2.45) is 0 Å². The maximum atomic E-state index is 5.87. The van der Waals surface area contributed by atoms with E-state index in [-0.39, 0.29) is 5.41 Å². The Bertz CT molecular complexity index is 559. The van der Waals surface area contributed by atoms with Crippen molar-refractivity contribution >= 4 is 11.3 Å². The number of nitrogens with zero attached hydrogens (tertiary/aromatic N) is 1. The highest BCUT2D eigenvalue weighted by Crippen LogP contribution is 2.24. The molecule has 2 aromatic heterocycles. The van der Waals surface area contributed by atoms with Gasteiger partial charge in [0.2, 0.25) is 5.88 Å². The molecule has 1 N–H and O–H groups in total. The second-order valence-corrected chi connectivity index (χ2v) is 7.19. The van der Waals surface area contributed by atoms with Gasteiger partial charge in [0, 0.05) is 29.3 Å². The number of nitrogens with one attached hydrogen (secondary N) is 1. The molecular formula is C17H24N2OS. The summed E-state index contributed by atoms with van der Waals surface area (Å²) in [5.74, 6) is 0.726. The maximum absolute atomic E-state index is 5.87. The quantitative estimate of drug-likeness (QED) is 0.882. The first-order chi connectivity index (χ1) is 9.99. The minimum Gasteiger partial charge on any atom is -0.477 e. The standard InChI is InChI=1S/C17H24N2OS/c1-17(2,3)15-10-13(12-18-4)11-16(19-15)20-8-7-14-6-5-9-21-14/h5-6,9-11,18H,7-8,12H2,1-4H3. The smallest absolute Gasteiger partial charge is 0.213 e. The van der Waals surface area contributed by atoms with E-state index in [4.69, 9.17) is 4.74 Å². The molecule has 0 spiro atoms. The Morgan fingerprint density at radius 2 is 2.10 bits per heavy atom. The van der Waals surface area contributed by atoms with Gasteiger partial charge in [-0.2, -0.15) is 0 Å². The first-order valence-corrected chi connectivity index (χ1v) is 8.18. The van der Waals surface area contributed by atoms with Gasteiger partial charge in [0.25, 0.3) is 0 Å². The lowest BCUT2D eigenvalue weighted by Gasteiger charge is -2.20. The maximum Gasteiger partial charge on any atom is 0.213 e. The molecule has 0 radical (unpaired) electrons. The molecule has 0 bridgehead atoms. The Labute approximate surface area is 131 Å². The van der Waals surface area contributed by atoms with E-state index >= 15 is 0 Å². The van der Waals surface area contributed by atoms with Crippen molar-refractivity contribution in [3.05, 3.63) is 45.8 Å². The zero-order valence-corrected chi connectivity index (χ0v) is 14.1. The highest BCUT2D eigenvalue weighted by Gasteiger charge is 2.17. The molecule has 0 aromatic carbocycles. The van der Waals surface area contributed by atoms with Crippen LogP contribution in [0.4, 0.5) is 0 Å². The third-order valence-corrected chi connectivity index (χ3v) is 4.13. The molecule has 114 valence electrons. The zero-order chi connectivity index (χ0) is 15.3. The lowest BCUT2D eigenvalue weighted by molar-refractivity contribution is 0.307. The number of thiophene rings is 1. The SMILES string of the molecule is CNCc1cc(OCCc2cccs2)nc(C(C)(C)C)c1. The molecule has 0 saturated heterocycles. The molecule has 0 aliphatic carbocycles.